The van der Waals surface area contributed by atoms with E-state index in [9.17, 15) is 9.59 Å². The minimum absolute atomic E-state index is 0.0809. The van der Waals surface area contributed by atoms with Crippen LogP contribution in [0.4, 0.5) is 0 Å². The van der Waals surface area contributed by atoms with E-state index >= 15 is 0 Å². The van der Waals surface area contributed by atoms with Crippen LogP contribution >= 0.6 is 0 Å². The van der Waals surface area contributed by atoms with Crippen molar-refractivity contribution in [1.82, 2.24) is 15.6 Å². The normalized spacial score (nSPS) is 10.6. The van der Waals surface area contributed by atoms with E-state index in [1.165, 1.54) is 6.08 Å². The highest BCUT2D eigenvalue weighted by Crippen LogP contribution is 2.14. The zero-order valence-corrected chi connectivity index (χ0v) is 15.2. The van der Waals surface area contributed by atoms with Crippen molar-refractivity contribution in [2.24, 2.45) is 0 Å². The van der Waals surface area contributed by atoms with E-state index in [1.807, 2.05) is 18.2 Å². The molecule has 142 valence electrons. The lowest BCUT2D eigenvalue weighted by atomic mass is 10.2. The van der Waals surface area contributed by atoms with Crippen LogP contribution in [0.5, 0.6) is 5.75 Å². The molecule has 0 saturated heterocycles. The molecule has 0 aliphatic heterocycles. The van der Waals surface area contributed by atoms with E-state index in [0.29, 0.717) is 25.4 Å². The van der Waals surface area contributed by atoms with Gasteiger partial charge in [0.15, 0.2) is 6.61 Å². The number of methoxy groups -OCH3 is 1. The van der Waals surface area contributed by atoms with E-state index in [4.69, 9.17) is 9.47 Å². The summed E-state index contributed by atoms with van der Waals surface area (Å²) in [4.78, 5) is 27.5. The van der Waals surface area contributed by atoms with Gasteiger partial charge in [0, 0.05) is 38.7 Å². The van der Waals surface area contributed by atoms with Crippen LogP contribution in [0.15, 0.2) is 54.9 Å². The first-order valence-corrected chi connectivity index (χ1v) is 8.50. The smallest absolute Gasteiger partial charge is 0.258 e. The number of benzene rings is 1. The average Bonchev–Trinajstić information content (AvgIpc) is 2.70. The van der Waals surface area contributed by atoms with Gasteiger partial charge in [0.25, 0.3) is 5.91 Å². The van der Waals surface area contributed by atoms with E-state index in [2.05, 4.69) is 15.6 Å². The van der Waals surface area contributed by atoms with Crippen molar-refractivity contribution in [3.05, 3.63) is 66.0 Å². The van der Waals surface area contributed by atoms with Gasteiger partial charge in [-0.3, -0.25) is 14.6 Å². The highest BCUT2D eigenvalue weighted by atomic mass is 16.5. The summed E-state index contributed by atoms with van der Waals surface area (Å²) < 4.78 is 10.3. The third-order valence-corrected chi connectivity index (χ3v) is 3.47. The second-order valence-electron chi connectivity index (χ2n) is 5.62. The van der Waals surface area contributed by atoms with Gasteiger partial charge in [0.2, 0.25) is 5.91 Å². The Morgan fingerprint density at radius 2 is 2.07 bits per heavy atom. The van der Waals surface area contributed by atoms with Crippen molar-refractivity contribution in [2.75, 3.05) is 26.9 Å². The third-order valence-electron chi connectivity index (χ3n) is 3.47. The number of hydrogen-bond acceptors (Lipinski definition) is 5. The van der Waals surface area contributed by atoms with Gasteiger partial charge in [-0.1, -0.05) is 18.2 Å². The van der Waals surface area contributed by atoms with Gasteiger partial charge < -0.3 is 20.1 Å². The maximum absolute atomic E-state index is 11.9. The molecular weight excluding hydrogens is 346 g/mol. The van der Waals surface area contributed by atoms with Crippen LogP contribution in [0.25, 0.3) is 6.08 Å². The van der Waals surface area contributed by atoms with E-state index in [1.54, 1.807) is 43.8 Å². The summed E-state index contributed by atoms with van der Waals surface area (Å²) in [5.74, 6) is 0.125. The van der Waals surface area contributed by atoms with Crippen LogP contribution < -0.4 is 15.4 Å². The van der Waals surface area contributed by atoms with Gasteiger partial charge in [-0.25, -0.2) is 0 Å². The number of rotatable bonds is 10. The number of ether oxygens (including phenoxy) is 2. The lowest BCUT2D eigenvalue weighted by Crippen LogP contribution is -2.31. The zero-order valence-electron chi connectivity index (χ0n) is 15.2. The van der Waals surface area contributed by atoms with Crippen molar-refractivity contribution in [3.63, 3.8) is 0 Å². The fourth-order valence-electron chi connectivity index (χ4n) is 2.12. The Morgan fingerprint density at radius 3 is 2.85 bits per heavy atom. The lowest BCUT2D eigenvalue weighted by Gasteiger charge is -2.07. The minimum Gasteiger partial charge on any atom is -0.484 e. The molecule has 7 heteroatoms. The molecule has 0 atom stereocenters. The molecule has 1 aromatic heterocycles. The summed E-state index contributed by atoms with van der Waals surface area (Å²) in [6.45, 7) is 1.23. The Labute approximate surface area is 158 Å². The highest BCUT2D eigenvalue weighted by molar-refractivity contribution is 5.91. The molecule has 0 radical (unpaired) electrons. The summed E-state index contributed by atoms with van der Waals surface area (Å²) in [6.07, 6.45) is 6.52. The molecule has 0 unspecified atom stereocenters. The van der Waals surface area contributed by atoms with E-state index < -0.39 is 0 Å². The molecule has 7 nitrogen and oxygen atoms in total. The SMILES string of the molecule is COCCNC(=O)COc1cccc(/C=C/C(=O)NCc2cccnc2)c1. The molecule has 0 fully saturated rings. The number of pyridine rings is 1. The molecule has 2 amide bonds. The Morgan fingerprint density at radius 1 is 1.19 bits per heavy atom. The number of carbonyl (C=O) groups is 2. The molecule has 0 spiro atoms. The van der Waals surface area contributed by atoms with Gasteiger partial charge in [0.1, 0.15) is 5.75 Å². The summed E-state index contributed by atoms with van der Waals surface area (Å²) >= 11 is 0. The van der Waals surface area contributed by atoms with Gasteiger partial charge >= 0.3 is 0 Å². The van der Waals surface area contributed by atoms with Crippen molar-refractivity contribution in [1.29, 1.82) is 0 Å². The van der Waals surface area contributed by atoms with Crippen LogP contribution in [0.2, 0.25) is 0 Å². The van der Waals surface area contributed by atoms with Crippen LogP contribution in [-0.4, -0.2) is 43.7 Å². The molecule has 0 aliphatic rings. The molecule has 2 aromatic rings. The standard InChI is InChI=1S/C20H23N3O4/c1-26-11-10-22-20(25)15-27-18-6-2-4-16(12-18)7-8-19(24)23-14-17-5-3-9-21-13-17/h2-9,12-13H,10-11,14-15H2,1H3,(H,22,25)(H,23,24)/b8-7+. The largest absolute Gasteiger partial charge is 0.484 e. The topological polar surface area (TPSA) is 89.5 Å². The lowest BCUT2D eigenvalue weighted by molar-refractivity contribution is -0.123. The number of amides is 2. The monoisotopic (exact) mass is 369 g/mol. The maximum atomic E-state index is 11.9. The first-order valence-electron chi connectivity index (χ1n) is 8.50. The molecule has 0 aliphatic carbocycles. The predicted molar refractivity (Wildman–Crippen MR) is 102 cm³/mol. The number of nitrogens with one attached hydrogen (secondary N) is 2. The maximum Gasteiger partial charge on any atom is 0.258 e. The van der Waals surface area contributed by atoms with Crippen LogP contribution in [0, 0.1) is 0 Å². The molecule has 1 aromatic carbocycles. The van der Waals surface area contributed by atoms with Crippen LogP contribution in [0.1, 0.15) is 11.1 Å². The molecule has 27 heavy (non-hydrogen) atoms. The highest BCUT2D eigenvalue weighted by Gasteiger charge is 2.03. The van der Waals surface area contributed by atoms with E-state index in [-0.39, 0.29) is 18.4 Å². The molecule has 2 N–H and O–H groups in total. The van der Waals surface area contributed by atoms with Gasteiger partial charge in [-0.15, -0.1) is 0 Å². The second-order valence-corrected chi connectivity index (χ2v) is 5.62. The van der Waals surface area contributed by atoms with Crippen LogP contribution in [-0.2, 0) is 20.9 Å². The van der Waals surface area contributed by atoms with Gasteiger partial charge in [-0.05, 0) is 35.4 Å². The quantitative estimate of drug-likeness (QED) is 0.490. The van der Waals surface area contributed by atoms with Crippen LogP contribution in [0.3, 0.4) is 0 Å². The number of nitrogens with zero attached hydrogens (tertiary/aromatic N) is 1. The summed E-state index contributed by atoms with van der Waals surface area (Å²) in [6, 6.07) is 10.9. The van der Waals surface area contributed by atoms with Crippen molar-refractivity contribution in [3.8, 4) is 5.75 Å². The number of hydrogen-bond donors (Lipinski definition) is 2. The summed E-state index contributed by atoms with van der Waals surface area (Å²) in [5, 5.41) is 5.46. The number of aromatic nitrogens is 1. The van der Waals surface area contributed by atoms with Crippen molar-refractivity contribution >= 4 is 17.9 Å². The molecule has 0 saturated carbocycles. The predicted octanol–water partition coefficient (Wildman–Crippen LogP) is 1.55. The minimum atomic E-state index is -0.220. The summed E-state index contributed by atoms with van der Waals surface area (Å²) in [7, 11) is 1.57. The van der Waals surface area contributed by atoms with E-state index in [0.717, 1.165) is 11.1 Å². The first-order chi connectivity index (χ1) is 13.2. The average molecular weight is 369 g/mol. The Hall–Kier alpha value is -3.19. The molecule has 2 rings (SSSR count). The fraction of sp³-hybridized carbons (Fsp3) is 0.250. The zero-order chi connectivity index (χ0) is 19.3. The second kappa shape index (κ2) is 11.4. The molecule has 1 heterocycles. The van der Waals surface area contributed by atoms with Gasteiger partial charge in [-0.2, -0.15) is 0 Å². The van der Waals surface area contributed by atoms with Crippen molar-refractivity contribution < 1.29 is 19.1 Å². The molecular formula is C20H23N3O4. The Bertz CT molecular complexity index is 763. The first kappa shape index (κ1) is 20.1. The third kappa shape index (κ3) is 8.15. The molecule has 0 bridgehead atoms. The van der Waals surface area contributed by atoms with Gasteiger partial charge in [0.05, 0.1) is 6.61 Å². The van der Waals surface area contributed by atoms with Crippen molar-refractivity contribution in [2.45, 2.75) is 6.54 Å². The summed E-state index contributed by atoms with van der Waals surface area (Å²) in [5.41, 5.74) is 1.72. The Kier molecular flexibility index (Phi) is 8.52. The fourth-order valence-corrected chi connectivity index (χ4v) is 2.12. The number of carbonyl (C=O) groups excluding carboxylic acids is 2. The Balaban J connectivity index is 1.79.